The Labute approximate surface area is 128 Å². The average Bonchev–Trinajstić information content (AvgIpc) is 2.49. The number of amides is 1. The molecule has 118 valence electrons. The Morgan fingerprint density at radius 3 is 2.39 bits per heavy atom. The van der Waals surface area contributed by atoms with Crippen LogP contribution in [0.15, 0.2) is 41.3 Å². The van der Waals surface area contributed by atoms with E-state index in [-0.39, 0.29) is 17.8 Å². The molecular formula is C13H10N4O6. The zero-order valence-electron chi connectivity index (χ0n) is 11.5. The fraction of sp³-hybridized carbons (Fsp3) is 0.0769. The van der Waals surface area contributed by atoms with Crippen LogP contribution in [0.25, 0.3) is 0 Å². The van der Waals surface area contributed by atoms with Crippen molar-refractivity contribution in [3.63, 3.8) is 0 Å². The molecule has 0 aliphatic carbocycles. The second kappa shape index (κ2) is 6.05. The van der Waals surface area contributed by atoms with Crippen molar-refractivity contribution in [2.24, 2.45) is 5.73 Å². The molecule has 2 rings (SSSR count). The van der Waals surface area contributed by atoms with Gasteiger partial charge in [-0.25, -0.2) is 0 Å². The van der Waals surface area contributed by atoms with Gasteiger partial charge in [0.25, 0.3) is 22.8 Å². The number of benzene rings is 1. The van der Waals surface area contributed by atoms with Crippen LogP contribution in [0.1, 0.15) is 15.9 Å². The first kappa shape index (κ1) is 15.8. The highest BCUT2D eigenvalue weighted by molar-refractivity contribution is 5.92. The number of carbonyl (C=O) groups excluding carboxylic acids is 1. The van der Waals surface area contributed by atoms with E-state index in [4.69, 9.17) is 5.73 Å². The van der Waals surface area contributed by atoms with Gasteiger partial charge in [0.05, 0.1) is 22.6 Å². The summed E-state index contributed by atoms with van der Waals surface area (Å²) in [6, 6.07) is 6.41. The number of nitrogens with two attached hydrogens (primary N) is 1. The predicted octanol–water partition coefficient (Wildman–Crippen LogP) is 0.812. The molecule has 1 heterocycles. The SMILES string of the molecule is NC(=O)c1cc([N+](=O)[O-])cn(Cc2ccccc2[N+](=O)[O-])c1=O. The number of aromatic nitrogens is 1. The number of carbonyl (C=O) groups is 1. The van der Waals surface area contributed by atoms with Crippen LogP contribution in [0.2, 0.25) is 0 Å². The van der Waals surface area contributed by atoms with E-state index in [0.717, 1.165) is 16.8 Å². The monoisotopic (exact) mass is 318 g/mol. The molecule has 1 aromatic heterocycles. The Morgan fingerprint density at radius 2 is 1.83 bits per heavy atom. The molecule has 0 aliphatic heterocycles. The van der Waals surface area contributed by atoms with E-state index >= 15 is 0 Å². The molecule has 1 aromatic carbocycles. The summed E-state index contributed by atoms with van der Waals surface area (Å²) in [6.07, 6.45) is 0.908. The molecule has 10 heteroatoms. The molecule has 1 amide bonds. The lowest BCUT2D eigenvalue weighted by Gasteiger charge is -2.08. The van der Waals surface area contributed by atoms with Gasteiger partial charge in [0, 0.05) is 17.7 Å². The third-order valence-electron chi connectivity index (χ3n) is 3.08. The number of hydrogen-bond acceptors (Lipinski definition) is 6. The predicted molar refractivity (Wildman–Crippen MR) is 78.1 cm³/mol. The number of para-hydroxylation sites is 1. The minimum atomic E-state index is -1.12. The van der Waals surface area contributed by atoms with Crippen LogP contribution in [-0.2, 0) is 6.54 Å². The van der Waals surface area contributed by atoms with Crippen molar-refractivity contribution in [1.29, 1.82) is 0 Å². The lowest BCUT2D eigenvalue weighted by molar-refractivity contribution is -0.386. The number of primary amides is 1. The molecule has 2 N–H and O–H groups in total. The maximum atomic E-state index is 12.1. The van der Waals surface area contributed by atoms with Gasteiger partial charge in [0.2, 0.25) is 0 Å². The molecule has 2 aromatic rings. The summed E-state index contributed by atoms with van der Waals surface area (Å²) in [5, 5.41) is 21.9. The van der Waals surface area contributed by atoms with Gasteiger partial charge in [-0.3, -0.25) is 29.8 Å². The Balaban J connectivity index is 2.60. The summed E-state index contributed by atoms with van der Waals surface area (Å²) < 4.78 is 0.848. The van der Waals surface area contributed by atoms with Gasteiger partial charge >= 0.3 is 0 Å². The lowest BCUT2D eigenvalue weighted by Crippen LogP contribution is -2.30. The minimum Gasteiger partial charge on any atom is -0.365 e. The highest BCUT2D eigenvalue weighted by Crippen LogP contribution is 2.19. The fourth-order valence-electron chi connectivity index (χ4n) is 2.02. The Hall–Kier alpha value is -3.56. The molecule has 0 bridgehead atoms. The van der Waals surface area contributed by atoms with Crippen molar-refractivity contribution in [1.82, 2.24) is 4.57 Å². The topological polar surface area (TPSA) is 151 Å². The number of nitrogens with zero attached hydrogens (tertiary/aromatic N) is 3. The summed E-state index contributed by atoms with van der Waals surface area (Å²) in [5.41, 5.74) is 3.03. The van der Waals surface area contributed by atoms with Crippen LogP contribution in [0.3, 0.4) is 0 Å². The molecule has 23 heavy (non-hydrogen) atoms. The normalized spacial score (nSPS) is 10.3. The summed E-state index contributed by atoms with van der Waals surface area (Å²) in [5.74, 6) is -1.12. The number of nitro groups is 2. The van der Waals surface area contributed by atoms with E-state index in [1.165, 1.54) is 24.3 Å². The van der Waals surface area contributed by atoms with Crippen LogP contribution in [0.4, 0.5) is 11.4 Å². The number of pyridine rings is 1. The Kier molecular flexibility index (Phi) is 4.16. The van der Waals surface area contributed by atoms with Gasteiger partial charge < -0.3 is 10.3 Å². The van der Waals surface area contributed by atoms with Crippen LogP contribution >= 0.6 is 0 Å². The van der Waals surface area contributed by atoms with Crippen molar-refractivity contribution in [3.05, 3.63) is 78.2 Å². The van der Waals surface area contributed by atoms with E-state index in [0.29, 0.717) is 0 Å². The standard InChI is InChI=1S/C13H10N4O6/c14-12(18)10-5-9(16(20)21)7-15(13(10)19)6-8-3-1-2-4-11(8)17(22)23/h1-5,7H,6H2,(H2,14,18). The lowest BCUT2D eigenvalue weighted by atomic mass is 10.1. The first-order valence-electron chi connectivity index (χ1n) is 6.22. The van der Waals surface area contributed by atoms with Crippen molar-refractivity contribution >= 4 is 17.3 Å². The quantitative estimate of drug-likeness (QED) is 0.636. The van der Waals surface area contributed by atoms with Crippen molar-refractivity contribution in [2.45, 2.75) is 6.54 Å². The molecule has 0 spiro atoms. The third kappa shape index (κ3) is 3.20. The summed E-state index contributed by atoms with van der Waals surface area (Å²) >= 11 is 0. The first-order chi connectivity index (χ1) is 10.8. The van der Waals surface area contributed by atoms with Crippen LogP contribution in [-0.4, -0.2) is 20.3 Å². The van der Waals surface area contributed by atoms with Gasteiger partial charge in [-0.1, -0.05) is 18.2 Å². The molecule has 0 radical (unpaired) electrons. The molecular weight excluding hydrogens is 308 g/mol. The van der Waals surface area contributed by atoms with E-state index in [2.05, 4.69) is 0 Å². The Morgan fingerprint density at radius 1 is 1.17 bits per heavy atom. The highest BCUT2D eigenvalue weighted by atomic mass is 16.6. The molecule has 0 saturated carbocycles. The van der Waals surface area contributed by atoms with Crippen molar-refractivity contribution in [2.75, 3.05) is 0 Å². The first-order valence-corrected chi connectivity index (χ1v) is 6.22. The molecule has 0 atom stereocenters. The number of rotatable bonds is 5. The fourth-order valence-corrected chi connectivity index (χ4v) is 2.02. The summed E-state index contributed by atoms with van der Waals surface area (Å²) in [4.78, 5) is 43.9. The van der Waals surface area contributed by atoms with Crippen molar-refractivity contribution < 1.29 is 14.6 Å². The smallest absolute Gasteiger partial charge is 0.286 e. The number of hydrogen-bond donors (Lipinski definition) is 1. The van der Waals surface area contributed by atoms with Crippen molar-refractivity contribution in [3.8, 4) is 0 Å². The van der Waals surface area contributed by atoms with E-state index in [1.54, 1.807) is 0 Å². The maximum Gasteiger partial charge on any atom is 0.286 e. The zero-order chi connectivity index (χ0) is 17.1. The third-order valence-corrected chi connectivity index (χ3v) is 3.08. The molecule has 0 unspecified atom stereocenters. The van der Waals surface area contributed by atoms with E-state index in [9.17, 15) is 29.8 Å². The van der Waals surface area contributed by atoms with Gasteiger partial charge in [-0.15, -0.1) is 0 Å². The van der Waals surface area contributed by atoms with Crippen LogP contribution < -0.4 is 11.3 Å². The highest BCUT2D eigenvalue weighted by Gasteiger charge is 2.19. The van der Waals surface area contributed by atoms with Gasteiger partial charge in [-0.2, -0.15) is 0 Å². The Bertz CT molecular complexity index is 873. The van der Waals surface area contributed by atoms with Gasteiger partial charge in [-0.05, 0) is 0 Å². The maximum absolute atomic E-state index is 12.1. The van der Waals surface area contributed by atoms with Crippen LogP contribution in [0.5, 0.6) is 0 Å². The van der Waals surface area contributed by atoms with Crippen LogP contribution in [0, 0.1) is 20.2 Å². The minimum absolute atomic E-state index is 0.163. The van der Waals surface area contributed by atoms with E-state index in [1.807, 2.05) is 0 Å². The van der Waals surface area contributed by atoms with Gasteiger partial charge in [0.15, 0.2) is 0 Å². The zero-order valence-corrected chi connectivity index (χ0v) is 11.5. The summed E-state index contributed by atoms with van der Waals surface area (Å²) in [6.45, 7) is -0.308. The average molecular weight is 318 g/mol. The number of nitro benzene ring substituents is 1. The molecule has 0 aliphatic rings. The molecule has 0 fully saturated rings. The summed E-state index contributed by atoms with van der Waals surface area (Å²) in [7, 11) is 0. The molecule has 10 nitrogen and oxygen atoms in total. The second-order valence-electron chi connectivity index (χ2n) is 4.55. The van der Waals surface area contributed by atoms with Gasteiger partial charge in [0.1, 0.15) is 5.56 Å². The van der Waals surface area contributed by atoms with E-state index < -0.39 is 32.6 Å². The second-order valence-corrected chi connectivity index (χ2v) is 4.55. The molecule has 0 saturated heterocycles. The largest absolute Gasteiger partial charge is 0.365 e.